The number of ether oxygens (including phenoxy) is 2. The number of rotatable bonds is 9. The van der Waals surface area contributed by atoms with E-state index in [1.54, 1.807) is 42.5 Å². The van der Waals surface area contributed by atoms with Crippen LogP contribution < -0.4 is 9.47 Å². The number of carboxylic acid groups (broad SMARTS) is 1. The van der Waals surface area contributed by atoms with E-state index in [4.69, 9.17) is 13.9 Å². The van der Waals surface area contributed by atoms with Crippen molar-refractivity contribution >= 4 is 5.97 Å². The van der Waals surface area contributed by atoms with Crippen molar-refractivity contribution in [2.75, 3.05) is 6.61 Å². The van der Waals surface area contributed by atoms with Crippen LogP contribution in [0.5, 0.6) is 11.5 Å². The van der Waals surface area contributed by atoms with Gasteiger partial charge in [0.25, 0.3) is 0 Å². The summed E-state index contributed by atoms with van der Waals surface area (Å²) < 4.78 is 31.2. The number of hydrogen-bond acceptors (Lipinski definition) is 5. The Morgan fingerprint density at radius 1 is 0.971 bits per heavy atom. The van der Waals surface area contributed by atoms with Gasteiger partial charge in [0.15, 0.2) is 5.60 Å². The van der Waals surface area contributed by atoms with Crippen LogP contribution in [0.3, 0.4) is 0 Å². The minimum atomic E-state index is -1.32. The molecule has 7 heteroatoms. The van der Waals surface area contributed by atoms with E-state index >= 15 is 0 Å². The first-order valence-electron chi connectivity index (χ1n) is 11.2. The SMILES string of the molecule is Cc1oc(-c2ccc(-c3ccccc3F)cc2)nc1CCOc1ccc(OC(C)(C)C(=O)O)cc1. The van der Waals surface area contributed by atoms with Gasteiger partial charge < -0.3 is 19.0 Å². The fraction of sp³-hybridized carbons (Fsp3) is 0.214. The van der Waals surface area contributed by atoms with Crippen LogP contribution >= 0.6 is 0 Å². The first kappa shape index (κ1) is 24.0. The van der Waals surface area contributed by atoms with E-state index in [0.717, 1.165) is 16.8 Å². The quantitative estimate of drug-likeness (QED) is 0.305. The average molecular weight is 476 g/mol. The van der Waals surface area contributed by atoms with E-state index in [2.05, 4.69) is 4.98 Å². The number of halogens is 1. The van der Waals surface area contributed by atoms with E-state index in [1.165, 1.54) is 19.9 Å². The lowest BCUT2D eigenvalue weighted by molar-refractivity contribution is -0.152. The second-order valence-electron chi connectivity index (χ2n) is 8.57. The monoisotopic (exact) mass is 475 g/mol. The molecule has 0 saturated heterocycles. The summed E-state index contributed by atoms with van der Waals surface area (Å²) in [5.74, 6) is 0.988. The number of aromatic nitrogens is 1. The van der Waals surface area contributed by atoms with Crippen LogP contribution in [0.15, 0.2) is 77.2 Å². The molecule has 180 valence electrons. The van der Waals surface area contributed by atoms with Crippen molar-refractivity contribution in [2.24, 2.45) is 0 Å². The predicted octanol–water partition coefficient (Wildman–Crippen LogP) is 6.32. The van der Waals surface area contributed by atoms with Crippen molar-refractivity contribution in [3.63, 3.8) is 0 Å². The van der Waals surface area contributed by atoms with Gasteiger partial charge in [-0.2, -0.15) is 0 Å². The molecule has 0 aliphatic carbocycles. The summed E-state index contributed by atoms with van der Waals surface area (Å²) in [7, 11) is 0. The summed E-state index contributed by atoms with van der Waals surface area (Å²) in [6.45, 7) is 5.23. The summed E-state index contributed by atoms with van der Waals surface area (Å²) in [5.41, 5.74) is 1.61. The van der Waals surface area contributed by atoms with Gasteiger partial charge in [-0.25, -0.2) is 14.2 Å². The number of benzene rings is 3. The number of aliphatic carboxylic acids is 1. The Balaban J connectivity index is 1.36. The third kappa shape index (κ3) is 5.69. The van der Waals surface area contributed by atoms with Gasteiger partial charge in [-0.15, -0.1) is 0 Å². The molecule has 4 aromatic rings. The summed E-state index contributed by atoms with van der Waals surface area (Å²) >= 11 is 0. The van der Waals surface area contributed by atoms with E-state index in [9.17, 15) is 14.3 Å². The van der Waals surface area contributed by atoms with Gasteiger partial charge in [-0.1, -0.05) is 30.3 Å². The number of aryl methyl sites for hydroxylation is 1. The smallest absolute Gasteiger partial charge is 0.347 e. The van der Waals surface area contributed by atoms with Gasteiger partial charge in [-0.3, -0.25) is 0 Å². The Labute approximate surface area is 203 Å². The lowest BCUT2D eigenvalue weighted by Gasteiger charge is -2.21. The minimum absolute atomic E-state index is 0.263. The summed E-state index contributed by atoms with van der Waals surface area (Å²) in [5, 5.41) is 9.17. The van der Waals surface area contributed by atoms with Crippen molar-refractivity contribution in [3.8, 4) is 34.1 Å². The maximum absolute atomic E-state index is 14.0. The van der Waals surface area contributed by atoms with Crippen molar-refractivity contribution in [3.05, 3.63) is 90.1 Å². The molecule has 0 saturated carbocycles. The third-order valence-corrected chi connectivity index (χ3v) is 5.53. The second kappa shape index (κ2) is 10.0. The number of carbonyl (C=O) groups is 1. The molecule has 1 heterocycles. The number of carboxylic acids is 1. The van der Waals surface area contributed by atoms with Gasteiger partial charge >= 0.3 is 5.97 Å². The molecular weight excluding hydrogens is 449 g/mol. The van der Waals surface area contributed by atoms with Crippen molar-refractivity contribution in [1.82, 2.24) is 4.98 Å². The molecule has 1 N–H and O–H groups in total. The molecule has 3 aromatic carbocycles. The standard InChI is InChI=1S/C28H26FNO5/c1-18-25(16-17-33-21-12-14-22(15-13-21)35-28(2,3)27(31)32)30-26(34-18)20-10-8-19(9-11-20)23-6-4-5-7-24(23)29/h4-15H,16-17H2,1-3H3,(H,31,32). The van der Waals surface area contributed by atoms with Crippen molar-refractivity contribution < 1.29 is 28.2 Å². The molecule has 35 heavy (non-hydrogen) atoms. The zero-order valence-electron chi connectivity index (χ0n) is 19.7. The molecule has 0 aliphatic heterocycles. The zero-order chi connectivity index (χ0) is 25.0. The molecule has 0 aliphatic rings. The molecule has 0 unspecified atom stereocenters. The Bertz CT molecular complexity index is 1310. The van der Waals surface area contributed by atoms with Gasteiger partial charge in [0, 0.05) is 17.5 Å². The van der Waals surface area contributed by atoms with Gasteiger partial charge in [-0.05, 0) is 68.8 Å². The van der Waals surface area contributed by atoms with Gasteiger partial charge in [0.05, 0.1) is 12.3 Å². The van der Waals surface area contributed by atoms with E-state index in [1.807, 2.05) is 31.2 Å². The maximum atomic E-state index is 14.0. The molecule has 0 bridgehead atoms. The van der Waals surface area contributed by atoms with Crippen LogP contribution in [0, 0.1) is 12.7 Å². The Morgan fingerprint density at radius 3 is 2.26 bits per heavy atom. The Kier molecular flexibility index (Phi) is 6.87. The lowest BCUT2D eigenvalue weighted by Crippen LogP contribution is -2.37. The molecule has 0 fully saturated rings. The van der Waals surface area contributed by atoms with Gasteiger partial charge in [0.2, 0.25) is 5.89 Å². The Hall–Kier alpha value is -4.13. The summed E-state index contributed by atoms with van der Waals surface area (Å²) in [6.07, 6.45) is 0.549. The summed E-state index contributed by atoms with van der Waals surface area (Å²) in [4.78, 5) is 15.8. The maximum Gasteiger partial charge on any atom is 0.347 e. The van der Waals surface area contributed by atoms with Crippen LogP contribution in [-0.4, -0.2) is 28.3 Å². The van der Waals surface area contributed by atoms with Crippen LogP contribution in [0.2, 0.25) is 0 Å². The van der Waals surface area contributed by atoms with Crippen LogP contribution in [0.1, 0.15) is 25.3 Å². The van der Waals surface area contributed by atoms with Crippen LogP contribution in [-0.2, 0) is 11.2 Å². The van der Waals surface area contributed by atoms with Crippen LogP contribution in [0.25, 0.3) is 22.6 Å². The molecule has 0 atom stereocenters. The van der Waals surface area contributed by atoms with Crippen molar-refractivity contribution in [2.45, 2.75) is 32.8 Å². The first-order chi connectivity index (χ1) is 16.7. The lowest BCUT2D eigenvalue weighted by atomic mass is 10.0. The highest BCUT2D eigenvalue weighted by molar-refractivity contribution is 5.76. The molecule has 0 spiro atoms. The highest BCUT2D eigenvalue weighted by Gasteiger charge is 2.29. The van der Waals surface area contributed by atoms with Gasteiger partial charge in [0.1, 0.15) is 23.1 Å². The van der Waals surface area contributed by atoms with E-state index in [0.29, 0.717) is 41.7 Å². The zero-order valence-corrected chi connectivity index (χ0v) is 19.7. The fourth-order valence-electron chi connectivity index (χ4n) is 3.48. The van der Waals surface area contributed by atoms with E-state index in [-0.39, 0.29) is 5.82 Å². The molecular formula is C28H26FNO5. The van der Waals surface area contributed by atoms with Crippen molar-refractivity contribution in [1.29, 1.82) is 0 Å². The highest BCUT2D eigenvalue weighted by atomic mass is 19.1. The number of hydrogen-bond donors (Lipinski definition) is 1. The number of oxazole rings is 1. The highest BCUT2D eigenvalue weighted by Crippen LogP contribution is 2.28. The number of nitrogens with zero attached hydrogens (tertiary/aromatic N) is 1. The topological polar surface area (TPSA) is 81.8 Å². The largest absolute Gasteiger partial charge is 0.493 e. The predicted molar refractivity (Wildman–Crippen MR) is 130 cm³/mol. The fourth-order valence-corrected chi connectivity index (χ4v) is 3.48. The average Bonchev–Trinajstić information content (AvgIpc) is 3.21. The summed E-state index contributed by atoms with van der Waals surface area (Å²) in [6, 6.07) is 20.9. The first-order valence-corrected chi connectivity index (χ1v) is 11.2. The molecule has 0 amide bonds. The molecule has 6 nitrogen and oxygen atoms in total. The molecule has 0 radical (unpaired) electrons. The minimum Gasteiger partial charge on any atom is -0.493 e. The normalized spacial score (nSPS) is 11.3. The van der Waals surface area contributed by atoms with E-state index < -0.39 is 11.6 Å². The second-order valence-corrected chi connectivity index (χ2v) is 8.57. The Morgan fingerprint density at radius 2 is 1.60 bits per heavy atom. The molecule has 1 aromatic heterocycles. The van der Waals surface area contributed by atoms with Crippen LogP contribution in [0.4, 0.5) is 4.39 Å². The molecule has 4 rings (SSSR count). The third-order valence-electron chi connectivity index (χ3n) is 5.53.